The van der Waals surface area contributed by atoms with Gasteiger partial charge in [-0.05, 0) is 49.2 Å². The molecule has 3 nitrogen and oxygen atoms in total. The first-order valence-corrected chi connectivity index (χ1v) is 10.2. The van der Waals surface area contributed by atoms with E-state index < -0.39 is 0 Å². The van der Waals surface area contributed by atoms with Crippen LogP contribution in [0.4, 0.5) is 0 Å². The summed E-state index contributed by atoms with van der Waals surface area (Å²) in [6.45, 7) is 4.09. The first-order chi connectivity index (χ1) is 12.3. The Bertz CT molecular complexity index is 651. The van der Waals surface area contributed by atoms with Crippen molar-refractivity contribution in [3.05, 3.63) is 71.3 Å². The van der Waals surface area contributed by atoms with Gasteiger partial charge in [0, 0.05) is 30.2 Å². The molecule has 1 aliphatic heterocycles. The number of hydrogen-bond donors (Lipinski definition) is 1. The van der Waals surface area contributed by atoms with E-state index in [1.54, 1.807) is 0 Å². The van der Waals surface area contributed by atoms with Crippen molar-refractivity contribution in [3.63, 3.8) is 0 Å². The lowest BCUT2D eigenvalue weighted by Gasteiger charge is -2.14. The van der Waals surface area contributed by atoms with Gasteiger partial charge in [-0.15, -0.1) is 0 Å². The fourth-order valence-electron chi connectivity index (χ4n) is 3.06. The lowest BCUT2D eigenvalue weighted by molar-refractivity contribution is 0.0956. The Kier molecular flexibility index (Phi) is 6.95. The predicted octanol–water partition coefficient (Wildman–Crippen LogP) is 3.95. The SMILES string of the molecule is O=C(NCCSCc1ccccc1)c1ccc(CN2CCCC2)cc1. The highest BCUT2D eigenvalue weighted by Gasteiger charge is 2.12. The Morgan fingerprint density at radius 3 is 2.40 bits per heavy atom. The number of hydrogen-bond acceptors (Lipinski definition) is 3. The number of benzene rings is 2. The molecule has 4 heteroatoms. The number of rotatable bonds is 8. The number of likely N-dealkylation sites (tertiary alicyclic amines) is 1. The number of thioether (sulfide) groups is 1. The summed E-state index contributed by atoms with van der Waals surface area (Å²) in [5.41, 5.74) is 3.36. The average molecular weight is 355 g/mol. The van der Waals surface area contributed by atoms with Crippen LogP contribution in [0, 0.1) is 0 Å². The fraction of sp³-hybridized carbons (Fsp3) is 0.381. The summed E-state index contributed by atoms with van der Waals surface area (Å²) in [7, 11) is 0. The molecule has 2 aromatic carbocycles. The first-order valence-electron chi connectivity index (χ1n) is 9.02. The number of nitrogens with zero attached hydrogens (tertiary/aromatic N) is 1. The van der Waals surface area contributed by atoms with Gasteiger partial charge in [-0.3, -0.25) is 9.69 Å². The summed E-state index contributed by atoms with van der Waals surface area (Å²) >= 11 is 1.84. The minimum absolute atomic E-state index is 0.0213. The quantitative estimate of drug-likeness (QED) is 0.729. The van der Waals surface area contributed by atoms with Gasteiger partial charge >= 0.3 is 0 Å². The predicted molar refractivity (Wildman–Crippen MR) is 106 cm³/mol. The number of carbonyl (C=O) groups is 1. The van der Waals surface area contributed by atoms with Gasteiger partial charge in [0.1, 0.15) is 0 Å². The Morgan fingerprint density at radius 1 is 0.960 bits per heavy atom. The van der Waals surface area contributed by atoms with Crippen LogP contribution in [0.3, 0.4) is 0 Å². The van der Waals surface area contributed by atoms with Gasteiger partial charge in [-0.2, -0.15) is 11.8 Å². The van der Waals surface area contributed by atoms with E-state index in [-0.39, 0.29) is 5.91 Å². The molecule has 1 amide bonds. The molecule has 0 unspecified atom stereocenters. The molecule has 1 N–H and O–H groups in total. The number of carbonyl (C=O) groups excluding carboxylic acids is 1. The minimum Gasteiger partial charge on any atom is -0.351 e. The zero-order valence-corrected chi connectivity index (χ0v) is 15.4. The second-order valence-corrected chi connectivity index (χ2v) is 7.58. The van der Waals surface area contributed by atoms with Crippen LogP contribution in [0.2, 0.25) is 0 Å². The van der Waals surface area contributed by atoms with Crippen molar-refractivity contribution < 1.29 is 4.79 Å². The molecule has 1 heterocycles. The van der Waals surface area contributed by atoms with E-state index in [0.29, 0.717) is 6.54 Å². The Hall–Kier alpha value is -1.78. The van der Waals surface area contributed by atoms with Crippen LogP contribution in [0.15, 0.2) is 54.6 Å². The average Bonchev–Trinajstić information content (AvgIpc) is 3.16. The highest BCUT2D eigenvalue weighted by atomic mass is 32.2. The van der Waals surface area contributed by atoms with Crippen molar-refractivity contribution >= 4 is 17.7 Å². The molecule has 25 heavy (non-hydrogen) atoms. The fourth-order valence-corrected chi connectivity index (χ4v) is 3.88. The van der Waals surface area contributed by atoms with Crippen LogP contribution >= 0.6 is 11.8 Å². The highest BCUT2D eigenvalue weighted by Crippen LogP contribution is 2.14. The molecule has 3 rings (SSSR count). The van der Waals surface area contributed by atoms with E-state index in [9.17, 15) is 4.79 Å². The molecule has 0 bridgehead atoms. The molecular weight excluding hydrogens is 328 g/mol. The number of nitrogens with one attached hydrogen (secondary N) is 1. The third kappa shape index (κ3) is 5.91. The summed E-state index contributed by atoms with van der Waals surface area (Å²) < 4.78 is 0. The smallest absolute Gasteiger partial charge is 0.251 e. The van der Waals surface area contributed by atoms with E-state index in [2.05, 4.69) is 46.6 Å². The van der Waals surface area contributed by atoms with E-state index >= 15 is 0 Å². The molecule has 0 atom stereocenters. The second kappa shape index (κ2) is 9.64. The lowest BCUT2D eigenvalue weighted by Crippen LogP contribution is -2.25. The summed E-state index contributed by atoms with van der Waals surface area (Å²) in [5, 5.41) is 3.01. The third-order valence-corrected chi connectivity index (χ3v) is 5.49. The van der Waals surface area contributed by atoms with Crippen molar-refractivity contribution in [1.82, 2.24) is 10.2 Å². The molecule has 0 saturated carbocycles. The molecule has 0 aliphatic carbocycles. The van der Waals surface area contributed by atoms with Gasteiger partial charge in [-0.25, -0.2) is 0 Å². The maximum absolute atomic E-state index is 12.2. The third-order valence-electron chi connectivity index (χ3n) is 4.46. The van der Waals surface area contributed by atoms with Gasteiger partial charge in [0.05, 0.1) is 0 Å². The van der Waals surface area contributed by atoms with E-state index in [4.69, 9.17) is 0 Å². The molecule has 1 saturated heterocycles. The van der Waals surface area contributed by atoms with Crippen molar-refractivity contribution in [3.8, 4) is 0 Å². The molecule has 1 aliphatic rings. The van der Waals surface area contributed by atoms with Crippen LogP contribution in [-0.4, -0.2) is 36.2 Å². The Balaban J connectivity index is 1.36. The molecule has 2 aromatic rings. The van der Waals surface area contributed by atoms with Crippen molar-refractivity contribution in [2.24, 2.45) is 0 Å². The zero-order chi connectivity index (χ0) is 17.3. The molecule has 0 radical (unpaired) electrons. The maximum atomic E-state index is 12.2. The first kappa shape index (κ1) is 18.0. The summed E-state index contributed by atoms with van der Waals surface area (Å²) in [4.78, 5) is 14.7. The second-order valence-electron chi connectivity index (χ2n) is 6.47. The van der Waals surface area contributed by atoms with Gasteiger partial charge in [0.2, 0.25) is 0 Å². The van der Waals surface area contributed by atoms with E-state index in [0.717, 1.165) is 23.6 Å². The molecule has 132 valence electrons. The zero-order valence-electron chi connectivity index (χ0n) is 14.6. The van der Waals surface area contributed by atoms with Gasteiger partial charge < -0.3 is 5.32 Å². The molecule has 0 spiro atoms. The van der Waals surface area contributed by atoms with Crippen LogP contribution in [-0.2, 0) is 12.3 Å². The summed E-state index contributed by atoms with van der Waals surface area (Å²) in [6, 6.07) is 18.5. The van der Waals surface area contributed by atoms with Gasteiger partial charge in [-0.1, -0.05) is 42.5 Å². The Labute approximate surface area is 154 Å². The molecular formula is C21H26N2OS. The normalized spacial score (nSPS) is 14.6. The summed E-state index contributed by atoms with van der Waals surface area (Å²) in [5.74, 6) is 1.93. The van der Waals surface area contributed by atoms with Crippen molar-refractivity contribution in [2.75, 3.05) is 25.4 Å². The van der Waals surface area contributed by atoms with Gasteiger partial charge in [0.25, 0.3) is 5.91 Å². The van der Waals surface area contributed by atoms with E-state index in [1.807, 2.05) is 30.0 Å². The summed E-state index contributed by atoms with van der Waals surface area (Å²) in [6.07, 6.45) is 2.62. The van der Waals surface area contributed by atoms with Crippen LogP contribution in [0.25, 0.3) is 0 Å². The molecule has 0 aromatic heterocycles. The largest absolute Gasteiger partial charge is 0.351 e. The highest BCUT2D eigenvalue weighted by molar-refractivity contribution is 7.98. The van der Waals surface area contributed by atoms with Crippen LogP contribution < -0.4 is 5.32 Å². The van der Waals surface area contributed by atoms with Crippen molar-refractivity contribution in [2.45, 2.75) is 25.1 Å². The number of amides is 1. The standard InChI is InChI=1S/C21H26N2OS/c24-21(22-12-15-25-17-19-6-2-1-3-7-19)20-10-8-18(9-11-20)16-23-13-4-5-14-23/h1-3,6-11H,4-5,12-17H2,(H,22,24). The van der Waals surface area contributed by atoms with E-state index in [1.165, 1.54) is 37.1 Å². The van der Waals surface area contributed by atoms with Crippen LogP contribution in [0.1, 0.15) is 34.3 Å². The topological polar surface area (TPSA) is 32.3 Å². The molecule has 1 fully saturated rings. The van der Waals surface area contributed by atoms with Crippen molar-refractivity contribution in [1.29, 1.82) is 0 Å². The minimum atomic E-state index is 0.0213. The lowest BCUT2D eigenvalue weighted by atomic mass is 10.1. The van der Waals surface area contributed by atoms with Crippen LogP contribution in [0.5, 0.6) is 0 Å². The monoisotopic (exact) mass is 354 g/mol. The maximum Gasteiger partial charge on any atom is 0.251 e. The Morgan fingerprint density at radius 2 is 1.68 bits per heavy atom. The van der Waals surface area contributed by atoms with Gasteiger partial charge in [0.15, 0.2) is 0 Å².